The van der Waals surface area contributed by atoms with Crippen molar-refractivity contribution in [3.8, 4) is 17.2 Å². The Kier molecular flexibility index (Phi) is 8.02. The first-order valence-corrected chi connectivity index (χ1v) is 8.83. The van der Waals surface area contributed by atoms with Gasteiger partial charge in [0.15, 0.2) is 5.96 Å². The number of phenols is 1. The van der Waals surface area contributed by atoms with E-state index in [0.29, 0.717) is 30.4 Å². The normalized spacial score (nSPS) is 15.8. The van der Waals surface area contributed by atoms with Gasteiger partial charge >= 0.3 is 0 Å². The molecule has 0 radical (unpaired) electrons. The van der Waals surface area contributed by atoms with Crippen molar-refractivity contribution < 1.29 is 14.6 Å². The van der Waals surface area contributed by atoms with E-state index in [-0.39, 0.29) is 35.8 Å². The summed E-state index contributed by atoms with van der Waals surface area (Å²) in [5.74, 6) is 2.53. The van der Waals surface area contributed by atoms with Gasteiger partial charge in [-0.1, -0.05) is 18.2 Å². The van der Waals surface area contributed by atoms with E-state index in [1.54, 1.807) is 25.3 Å². The highest BCUT2D eigenvalue weighted by atomic mass is 127. The minimum absolute atomic E-state index is 0. The number of nitrogens with one attached hydrogen (secondary N) is 2. The number of phenolic OH excluding ortho intramolecular Hbond substituents is 1. The van der Waals surface area contributed by atoms with Crippen molar-refractivity contribution in [1.29, 1.82) is 0 Å². The zero-order valence-electron chi connectivity index (χ0n) is 15.6. The van der Waals surface area contributed by atoms with Gasteiger partial charge < -0.3 is 25.2 Å². The number of methoxy groups -OCH3 is 1. The first-order chi connectivity index (χ1) is 12.7. The van der Waals surface area contributed by atoms with E-state index >= 15 is 0 Å². The topological polar surface area (TPSA) is 75.1 Å². The maximum absolute atomic E-state index is 10.0. The number of para-hydroxylation sites is 1. The molecular weight excluding hydrogens is 457 g/mol. The van der Waals surface area contributed by atoms with Crippen LogP contribution in [0.1, 0.15) is 30.5 Å². The fourth-order valence-corrected chi connectivity index (χ4v) is 2.96. The van der Waals surface area contributed by atoms with E-state index < -0.39 is 0 Å². The molecule has 2 aromatic carbocycles. The number of halogens is 1. The summed E-state index contributed by atoms with van der Waals surface area (Å²) in [6.45, 7) is 3.80. The molecular formula is C20H26IN3O3. The Morgan fingerprint density at radius 3 is 2.89 bits per heavy atom. The molecule has 1 atom stereocenters. The fourth-order valence-electron chi connectivity index (χ4n) is 2.96. The summed E-state index contributed by atoms with van der Waals surface area (Å²) in [6, 6.07) is 13.3. The molecule has 1 heterocycles. The van der Waals surface area contributed by atoms with Crippen molar-refractivity contribution in [2.75, 3.05) is 20.3 Å². The van der Waals surface area contributed by atoms with Crippen molar-refractivity contribution in [3.05, 3.63) is 53.6 Å². The molecule has 1 unspecified atom stereocenters. The molecule has 0 aromatic heterocycles. The Morgan fingerprint density at radius 2 is 2.11 bits per heavy atom. The number of fused-ring (bicyclic) bond motifs is 1. The van der Waals surface area contributed by atoms with Crippen LogP contribution in [0.5, 0.6) is 17.2 Å². The molecule has 1 aliphatic rings. The SMILES string of the molecule is CCNC(=NCc1cc(OC)ccc1O)NC1CCOc2ccccc21.I. The summed E-state index contributed by atoms with van der Waals surface area (Å²) >= 11 is 0. The molecule has 0 bridgehead atoms. The van der Waals surface area contributed by atoms with E-state index in [1.807, 2.05) is 25.1 Å². The molecule has 0 saturated heterocycles. The van der Waals surface area contributed by atoms with E-state index in [9.17, 15) is 5.11 Å². The molecule has 6 nitrogen and oxygen atoms in total. The Balaban J connectivity index is 0.00000261. The second-order valence-corrected chi connectivity index (χ2v) is 6.06. The molecule has 146 valence electrons. The smallest absolute Gasteiger partial charge is 0.192 e. The van der Waals surface area contributed by atoms with Gasteiger partial charge in [0.1, 0.15) is 17.2 Å². The van der Waals surface area contributed by atoms with Gasteiger partial charge in [-0.15, -0.1) is 24.0 Å². The number of aliphatic imine (C=N–C) groups is 1. The number of guanidine groups is 1. The molecule has 7 heteroatoms. The van der Waals surface area contributed by atoms with Crippen LogP contribution in [0.25, 0.3) is 0 Å². The zero-order chi connectivity index (χ0) is 18.4. The van der Waals surface area contributed by atoms with Crippen LogP contribution < -0.4 is 20.1 Å². The lowest BCUT2D eigenvalue weighted by Gasteiger charge is -2.28. The summed E-state index contributed by atoms with van der Waals surface area (Å²) in [5, 5.41) is 16.8. The van der Waals surface area contributed by atoms with Crippen molar-refractivity contribution in [2.45, 2.75) is 25.9 Å². The zero-order valence-corrected chi connectivity index (χ0v) is 17.9. The number of rotatable bonds is 5. The molecule has 2 aromatic rings. The molecule has 0 spiro atoms. The average Bonchev–Trinajstić information content (AvgIpc) is 2.67. The third kappa shape index (κ3) is 5.41. The van der Waals surface area contributed by atoms with Crippen LogP contribution in [-0.2, 0) is 6.54 Å². The number of ether oxygens (including phenoxy) is 2. The molecule has 3 rings (SSSR count). The van der Waals surface area contributed by atoms with Gasteiger partial charge in [0.25, 0.3) is 0 Å². The van der Waals surface area contributed by atoms with Crippen LogP contribution in [0, 0.1) is 0 Å². The Labute approximate surface area is 177 Å². The van der Waals surface area contributed by atoms with Gasteiger partial charge in [-0.25, -0.2) is 4.99 Å². The maximum atomic E-state index is 10.0. The van der Waals surface area contributed by atoms with E-state index in [1.165, 1.54) is 0 Å². The van der Waals surface area contributed by atoms with Gasteiger partial charge in [-0.3, -0.25) is 0 Å². The van der Waals surface area contributed by atoms with Crippen LogP contribution in [0.4, 0.5) is 0 Å². The molecule has 0 saturated carbocycles. The lowest BCUT2D eigenvalue weighted by molar-refractivity contribution is 0.261. The second-order valence-electron chi connectivity index (χ2n) is 6.06. The predicted molar refractivity (Wildman–Crippen MR) is 117 cm³/mol. The van der Waals surface area contributed by atoms with Crippen molar-refractivity contribution in [1.82, 2.24) is 10.6 Å². The average molecular weight is 483 g/mol. The Morgan fingerprint density at radius 1 is 1.30 bits per heavy atom. The highest BCUT2D eigenvalue weighted by Crippen LogP contribution is 2.31. The van der Waals surface area contributed by atoms with Crippen LogP contribution in [0.3, 0.4) is 0 Å². The summed E-state index contributed by atoms with van der Waals surface area (Å²) in [6.07, 6.45) is 0.867. The second kappa shape index (κ2) is 10.2. The van der Waals surface area contributed by atoms with Gasteiger partial charge in [0.2, 0.25) is 0 Å². The third-order valence-corrected chi connectivity index (χ3v) is 4.31. The standard InChI is InChI=1S/C20H25N3O3.HI/c1-3-21-20(22-13-14-12-15(25-2)8-9-18(14)24)23-17-10-11-26-19-7-5-4-6-16(17)19;/h4-9,12,17,24H,3,10-11,13H2,1-2H3,(H2,21,22,23);1H. The lowest BCUT2D eigenvalue weighted by atomic mass is 10.0. The molecule has 0 fully saturated rings. The van der Waals surface area contributed by atoms with E-state index in [0.717, 1.165) is 24.3 Å². The largest absolute Gasteiger partial charge is 0.508 e. The maximum Gasteiger partial charge on any atom is 0.192 e. The first-order valence-electron chi connectivity index (χ1n) is 8.83. The van der Waals surface area contributed by atoms with E-state index in [4.69, 9.17) is 9.47 Å². The fraction of sp³-hybridized carbons (Fsp3) is 0.350. The summed E-state index contributed by atoms with van der Waals surface area (Å²) in [7, 11) is 1.60. The van der Waals surface area contributed by atoms with E-state index in [2.05, 4.69) is 21.7 Å². The third-order valence-electron chi connectivity index (χ3n) is 4.31. The van der Waals surface area contributed by atoms with Crippen LogP contribution >= 0.6 is 24.0 Å². The molecule has 27 heavy (non-hydrogen) atoms. The highest BCUT2D eigenvalue weighted by Gasteiger charge is 2.21. The van der Waals surface area contributed by atoms with Crippen LogP contribution in [-0.4, -0.2) is 31.3 Å². The number of hydrogen-bond donors (Lipinski definition) is 3. The first kappa shape index (κ1) is 21.1. The summed E-state index contributed by atoms with van der Waals surface area (Å²) < 4.78 is 10.9. The Bertz CT molecular complexity index is 783. The number of hydrogen-bond acceptors (Lipinski definition) is 4. The Hall–Kier alpha value is -2.16. The van der Waals surface area contributed by atoms with Crippen molar-refractivity contribution in [3.63, 3.8) is 0 Å². The molecule has 3 N–H and O–H groups in total. The summed E-state index contributed by atoms with van der Waals surface area (Å²) in [4.78, 5) is 4.63. The number of nitrogens with zero attached hydrogens (tertiary/aromatic N) is 1. The van der Waals surface area contributed by atoms with Crippen LogP contribution in [0.2, 0.25) is 0 Å². The van der Waals surface area contributed by atoms with Gasteiger partial charge in [0.05, 0.1) is 26.3 Å². The number of benzene rings is 2. The molecule has 0 amide bonds. The lowest BCUT2D eigenvalue weighted by Crippen LogP contribution is -2.41. The van der Waals surface area contributed by atoms with Crippen molar-refractivity contribution >= 4 is 29.9 Å². The van der Waals surface area contributed by atoms with Gasteiger partial charge in [0, 0.05) is 24.1 Å². The quantitative estimate of drug-likeness (QED) is 0.345. The highest BCUT2D eigenvalue weighted by molar-refractivity contribution is 14.0. The van der Waals surface area contributed by atoms with Gasteiger partial charge in [-0.05, 0) is 31.2 Å². The molecule has 1 aliphatic heterocycles. The van der Waals surface area contributed by atoms with Crippen LogP contribution in [0.15, 0.2) is 47.5 Å². The minimum atomic E-state index is 0. The monoisotopic (exact) mass is 483 g/mol. The summed E-state index contributed by atoms with van der Waals surface area (Å²) in [5.41, 5.74) is 1.85. The molecule has 0 aliphatic carbocycles. The van der Waals surface area contributed by atoms with Crippen molar-refractivity contribution in [2.24, 2.45) is 4.99 Å². The predicted octanol–water partition coefficient (Wildman–Crippen LogP) is 3.60. The van der Waals surface area contributed by atoms with Gasteiger partial charge in [-0.2, -0.15) is 0 Å². The number of aromatic hydroxyl groups is 1. The minimum Gasteiger partial charge on any atom is -0.508 e.